The van der Waals surface area contributed by atoms with Crippen LogP contribution in [0.4, 0.5) is 5.69 Å². The van der Waals surface area contributed by atoms with Crippen molar-refractivity contribution < 1.29 is 4.79 Å². The van der Waals surface area contributed by atoms with E-state index in [9.17, 15) is 9.59 Å². The summed E-state index contributed by atoms with van der Waals surface area (Å²) >= 11 is 0. The lowest BCUT2D eigenvalue weighted by Gasteiger charge is -2.17. The van der Waals surface area contributed by atoms with Gasteiger partial charge in [-0.15, -0.1) is 0 Å². The van der Waals surface area contributed by atoms with E-state index in [0.29, 0.717) is 18.2 Å². The molecule has 31 heavy (non-hydrogen) atoms. The summed E-state index contributed by atoms with van der Waals surface area (Å²) in [6.07, 6.45) is 10.4. The van der Waals surface area contributed by atoms with E-state index in [-0.39, 0.29) is 17.0 Å². The highest BCUT2D eigenvalue weighted by atomic mass is 16.2. The molecule has 0 unspecified atom stereocenters. The average molecular weight is 415 g/mol. The van der Waals surface area contributed by atoms with Crippen LogP contribution >= 0.6 is 0 Å². The zero-order chi connectivity index (χ0) is 21.6. The molecule has 1 amide bonds. The number of carbonyl (C=O) groups is 1. The fourth-order valence-corrected chi connectivity index (χ4v) is 4.58. The van der Waals surface area contributed by atoms with Crippen molar-refractivity contribution in [2.45, 2.75) is 51.5 Å². The van der Waals surface area contributed by atoms with E-state index in [2.05, 4.69) is 11.9 Å². The molecule has 1 aromatic heterocycles. The van der Waals surface area contributed by atoms with Gasteiger partial charge in [0.1, 0.15) is 5.56 Å². The molecular formula is C27H30N2O2. The monoisotopic (exact) mass is 414 g/mol. The smallest absolute Gasteiger partial charge is 0.263 e. The Kier molecular flexibility index (Phi) is 6.66. The van der Waals surface area contributed by atoms with Gasteiger partial charge in [-0.3, -0.25) is 9.59 Å². The minimum Gasteiger partial charge on any atom is -0.322 e. The number of amides is 1. The molecule has 0 radical (unpaired) electrons. The molecule has 0 saturated heterocycles. The van der Waals surface area contributed by atoms with Gasteiger partial charge >= 0.3 is 0 Å². The van der Waals surface area contributed by atoms with Crippen LogP contribution in [0.15, 0.2) is 66.0 Å². The molecule has 1 fully saturated rings. The van der Waals surface area contributed by atoms with E-state index in [1.54, 1.807) is 16.7 Å². The largest absolute Gasteiger partial charge is 0.322 e. The molecule has 1 saturated carbocycles. The Hall–Kier alpha value is -3.14. The molecule has 4 heteroatoms. The standard InChI is InChI=1S/C27H30N2O2/c1-2-20-13-15-23(16-14-20)28-26(30)24-19-22-11-7-8-12-25(22)29(27(24)31)18-17-21-9-5-3-4-6-10-21/h2,7-8,11-16,19,21H,1,3-6,9-10,17-18H2,(H,28,30). The number of nitrogens with zero attached hydrogens (tertiary/aromatic N) is 1. The predicted octanol–water partition coefficient (Wildman–Crippen LogP) is 6.26. The van der Waals surface area contributed by atoms with Gasteiger partial charge < -0.3 is 9.88 Å². The molecule has 0 atom stereocenters. The maximum atomic E-state index is 13.3. The van der Waals surface area contributed by atoms with Gasteiger partial charge in [0, 0.05) is 12.2 Å². The lowest BCUT2D eigenvalue weighted by atomic mass is 9.96. The van der Waals surface area contributed by atoms with Crippen LogP contribution in [-0.2, 0) is 6.54 Å². The highest BCUT2D eigenvalue weighted by Crippen LogP contribution is 2.26. The maximum absolute atomic E-state index is 13.3. The van der Waals surface area contributed by atoms with E-state index in [0.717, 1.165) is 22.9 Å². The van der Waals surface area contributed by atoms with E-state index in [1.165, 1.54) is 38.5 Å². The fourth-order valence-electron chi connectivity index (χ4n) is 4.58. The molecule has 4 nitrogen and oxygen atoms in total. The Bertz CT molecular complexity index is 1120. The summed E-state index contributed by atoms with van der Waals surface area (Å²) in [5, 5.41) is 3.78. The van der Waals surface area contributed by atoms with Crippen molar-refractivity contribution in [3.8, 4) is 0 Å². The molecule has 160 valence electrons. The lowest BCUT2D eigenvalue weighted by Crippen LogP contribution is -2.30. The van der Waals surface area contributed by atoms with Gasteiger partial charge in [-0.2, -0.15) is 0 Å². The van der Waals surface area contributed by atoms with Crippen molar-refractivity contribution in [1.29, 1.82) is 0 Å². The molecule has 0 bridgehead atoms. The van der Waals surface area contributed by atoms with Crippen LogP contribution in [0.2, 0.25) is 0 Å². The van der Waals surface area contributed by atoms with Crippen LogP contribution in [0.5, 0.6) is 0 Å². The van der Waals surface area contributed by atoms with E-state index in [4.69, 9.17) is 0 Å². The highest BCUT2D eigenvalue weighted by molar-refractivity contribution is 6.05. The minimum atomic E-state index is -0.370. The quantitative estimate of drug-likeness (QED) is 0.484. The van der Waals surface area contributed by atoms with Gasteiger partial charge in [0.2, 0.25) is 0 Å². The number of aryl methyl sites for hydroxylation is 1. The number of pyridine rings is 1. The molecule has 4 rings (SSSR count). The van der Waals surface area contributed by atoms with Crippen molar-refractivity contribution in [3.63, 3.8) is 0 Å². The summed E-state index contributed by atoms with van der Waals surface area (Å²) in [5.41, 5.74) is 2.51. The topological polar surface area (TPSA) is 51.1 Å². The Morgan fingerprint density at radius 2 is 1.74 bits per heavy atom. The first kappa shape index (κ1) is 21.1. The molecule has 2 aromatic carbocycles. The highest BCUT2D eigenvalue weighted by Gasteiger charge is 2.18. The lowest BCUT2D eigenvalue weighted by molar-refractivity contribution is 0.102. The average Bonchev–Trinajstić information content (AvgIpc) is 3.07. The molecule has 1 aliphatic rings. The Labute approximate surface area is 183 Å². The van der Waals surface area contributed by atoms with Crippen molar-refractivity contribution in [1.82, 2.24) is 4.57 Å². The number of rotatable bonds is 6. The molecule has 1 N–H and O–H groups in total. The second-order valence-corrected chi connectivity index (χ2v) is 8.50. The Morgan fingerprint density at radius 1 is 1.03 bits per heavy atom. The van der Waals surface area contributed by atoms with Crippen molar-refractivity contribution in [2.24, 2.45) is 5.92 Å². The molecule has 0 spiro atoms. The van der Waals surface area contributed by atoms with Crippen molar-refractivity contribution >= 4 is 28.6 Å². The number of carbonyl (C=O) groups excluding carboxylic acids is 1. The van der Waals surface area contributed by atoms with Crippen LogP contribution in [0.25, 0.3) is 17.0 Å². The second kappa shape index (κ2) is 9.78. The number of nitrogens with one attached hydrogen (secondary N) is 1. The van der Waals surface area contributed by atoms with Gasteiger partial charge in [0.15, 0.2) is 0 Å². The summed E-state index contributed by atoms with van der Waals surface area (Å²) in [4.78, 5) is 26.3. The number of hydrogen-bond acceptors (Lipinski definition) is 2. The van der Waals surface area contributed by atoms with Gasteiger partial charge in [-0.1, -0.05) is 81.5 Å². The van der Waals surface area contributed by atoms with Gasteiger partial charge in [0.05, 0.1) is 5.52 Å². The molecule has 1 aliphatic carbocycles. The predicted molar refractivity (Wildman–Crippen MR) is 129 cm³/mol. The summed E-state index contributed by atoms with van der Waals surface area (Å²) in [5.74, 6) is 0.291. The Morgan fingerprint density at radius 3 is 2.45 bits per heavy atom. The number of anilines is 1. The summed E-state index contributed by atoms with van der Waals surface area (Å²) in [6.45, 7) is 4.40. The van der Waals surface area contributed by atoms with Crippen LogP contribution in [0, 0.1) is 5.92 Å². The SMILES string of the molecule is C=Cc1ccc(NC(=O)c2cc3ccccc3n(CCC3CCCCCC3)c2=O)cc1. The van der Waals surface area contributed by atoms with Crippen molar-refractivity contribution in [3.05, 3.63) is 82.7 Å². The Balaban J connectivity index is 1.62. The third-order valence-electron chi connectivity index (χ3n) is 6.39. The number of fused-ring (bicyclic) bond motifs is 1. The maximum Gasteiger partial charge on any atom is 0.263 e. The summed E-state index contributed by atoms with van der Waals surface area (Å²) < 4.78 is 1.80. The molecular weight excluding hydrogens is 384 g/mol. The number of benzene rings is 2. The first-order chi connectivity index (χ1) is 15.2. The number of aromatic nitrogens is 1. The third-order valence-corrected chi connectivity index (χ3v) is 6.39. The van der Waals surface area contributed by atoms with Crippen LogP contribution < -0.4 is 10.9 Å². The van der Waals surface area contributed by atoms with Gasteiger partial charge in [-0.05, 0) is 47.6 Å². The zero-order valence-corrected chi connectivity index (χ0v) is 18.0. The number of hydrogen-bond donors (Lipinski definition) is 1. The zero-order valence-electron chi connectivity index (χ0n) is 18.0. The number of para-hydroxylation sites is 1. The summed E-state index contributed by atoms with van der Waals surface area (Å²) in [7, 11) is 0. The minimum absolute atomic E-state index is 0.187. The van der Waals surface area contributed by atoms with Gasteiger partial charge in [0.25, 0.3) is 11.5 Å². The first-order valence-electron chi connectivity index (χ1n) is 11.3. The van der Waals surface area contributed by atoms with Crippen LogP contribution in [0.3, 0.4) is 0 Å². The fraction of sp³-hybridized carbons (Fsp3) is 0.333. The van der Waals surface area contributed by atoms with Gasteiger partial charge in [-0.25, -0.2) is 0 Å². The second-order valence-electron chi connectivity index (χ2n) is 8.50. The summed E-state index contributed by atoms with van der Waals surface area (Å²) in [6, 6.07) is 16.9. The van der Waals surface area contributed by atoms with Crippen LogP contribution in [-0.4, -0.2) is 10.5 Å². The van der Waals surface area contributed by atoms with Crippen LogP contribution in [0.1, 0.15) is 60.9 Å². The first-order valence-corrected chi connectivity index (χ1v) is 11.3. The molecule has 3 aromatic rings. The molecule has 1 heterocycles. The van der Waals surface area contributed by atoms with E-state index >= 15 is 0 Å². The third kappa shape index (κ3) is 4.96. The van der Waals surface area contributed by atoms with E-state index in [1.807, 2.05) is 48.5 Å². The molecule has 0 aliphatic heterocycles. The van der Waals surface area contributed by atoms with Crippen molar-refractivity contribution in [2.75, 3.05) is 5.32 Å². The normalized spacial score (nSPS) is 14.8. The van der Waals surface area contributed by atoms with E-state index < -0.39 is 0 Å².